The number of benzene rings is 3. The molecule has 1 N–H and O–H groups in total. The lowest BCUT2D eigenvalue weighted by Gasteiger charge is -2.33. The maximum absolute atomic E-state index is 14.1. The molecule has 40 heavy (non-hydrogen) atoms. The largest absolute Gasteiger partial charge is 0.497 e. The summed E-state index contributed by atoms with van der Waals surface area (Å²) in [5.41, 5.74) is 1.72. The fourth-order valence-electron chi connectivity index (χ4n) is 4.27. The number of rotatable bonds is 13. The van der Waals surface area contributed by atoms with E-state index in [1.165, 1.54) is 45.4 Å². The lowest BCUT2D eigenvalue weighted by molar-refractivity contribution is -0.139. The second-order valence-corrected chi connectivity index (χ2v) is 10.9. The van der Waals surface area contributed by atoms with Gasteiger partial charge >= 0.3 is 0 Å². The molecule has 3 rings (SSSR count). The zero-order valence-electron chi connectivity index (χ0n) is 23.3. The van der Waals surface area contributed by atoms with Gasteiger partial charge in [0.2, 0.25) is 21.8 Å². The molecule has 214 valence electrons. The molecule has 0 bridgehead atoms. The first-order valence-corrected chi connectivity index (χ1v) is 14.3. The van der Waals surface area contributed by atoms with Gasteiger partial charge in [-0.15, -0.1) is 0 Å². The van der Waals surface area contributed by atoms with Crippen molar-refractivity contribution >= 4 is 27.5 Å². The summed E-state index contributed by atoms with van der Waals surface area (Å²) in [6.45, 7) is -0.522. The molecule has 3 aromatic carbocycles. The zero-order chi connectivity index (χ0) is 29.3. The highest BCUT2D eigenvalue weighted by molar-refractivity contribution is 7.92. The molecule has 0 saturated carbocycles. The van der Waals surface area contributed by atoms with Crippen molar-refractivity contribution in [3.05, 3.63) is 83.9 Å². The van der Waals surface area contributed by atoms with E-state index < -0.39 is 28.5 Å². The minimum atomic E-state index is -3.95. The Labute approximate surface area is 235 Å². The SMILES string of the molecule is CNC(=O)[C@H](Cc1ccccc1)N(Cc1cccc(OC)c1)C(=O)CN(c1ccc(OC)cc1OC)S(C)(=O)=O. The molecule has 0 saturated heterocycles. The summed E-state index contributed by atoms with van der Waals surface area (Å²) in [6.07, 6.45) is 1.23. The Bertz CT molecular complexity index is 1410. The third-order valence-electron chi connectivity index (χ3n) is 6.34. The standard InChI is InChI=1S/C29H35N3O7S/c1-30-29(34)26(17-21-10-7-6-8-11-21)31(19-22-12-9-13-23(16-22)37-2)28(33)20-32(40(5,35)36)25-15-14-24(38-3)18-27(25)39-4/h6-16,18,26H,17,19-20H2,1-5H3,(H,30,34)/t26-/m0/s1. The number of likely N-dealkylation sites (N-methyl/N-ethyl adjacent to an activating group) is 1. The average molecular weight is 570 g/mol. The molecule has 11 heteroatoms. The van der Waals surface area contributed by atoms with Crippen LogP contribution in [0.4, 0.5) is 5.69 Å². The van der Waals surface area contributed by atoms with Gasteiger partial charge in [0.05, 0.1) is 33.3 Å². The van der Waals surface area contributed by atoms with Gasteiger partial charge in [0.25, 0.3) is 0 Å². The van der Waals surface area contributed by atoms with Gasteiger partial charge in [-0.2, -0.15) is 0 Å². The van der Waals surface area contributed by atoms with Crippen LogP contribution in [-0.2, 0) is 32.6 Å². The molecular formula is C29H35N3O7S. The number of hydrogen-bond acceptors (Lipinski definition) is 7. The molecule has 0 spiro atoms. The van der Waals surface area contributed by atoms with Gasteiger partial charge in [0, 0.05) is 26.1 Å². The van der Waals surface area contributed by atoms with Crippen LogP contribution in [0.25, 0.3) is 0 Å². The van der Waals surface area contributed by atoms with Crippen LogP contribution < -0.4 is 23.8 Å². The molecule has 0 aliphatic heterocycles. The van der Waals surface area contributed by atoms with Crippen LogP contribution in [0.3, 0.4) is 0 Å². The van der Waals surface area contributed by atoms with E-state index in [4.69, 9.17) is 14.2 Å². The van der Waals surface area contributed by atoms with Crippen molar-refractivity contribution in [3.63, 3.8) is 0 Å². The molecule has 0 aliphatic carbocycles. The van der Waals surface area contributed by atoms with Crippen LogP contribution in [0.1, 0.15) is 11.1 Å². The van der Waals surface area contributed by atoms with Crippen molar-refractivity contribution < 1.29 is 32.2 Å². The summed E-state index contributed by atoms with van der Waals surface area (Å²) < 4.78 is 42.9. The Morgan fingerprint density at radius 3 is 2.10 bits per heavy atom. The predicted molar refractivity (Wildman–Crippen MR) is 153 cm³/mol. The molecule has 0 unspecified atom stereocenters. The van der Waals surface area contributed by atoms with E-state index in [1.807, 2.05) is 36.4 Å². The quantitative estimate of drug-likeness (QED) is 0.337. The predicted octanol–water partition coefficient (Wildman–Crippen LogP) is 2.86. The summed E-state index contributed by atoms with van der Waals surface area (Å²) in [5, 5.41) is 2.65. The first kappa shape index (κ1) is 30.3. The van der Waals surface area contributed by atoms with Gasteiger partial charge in [-0.05, 0) is 35.4 Å². The topological polar surface area (TPSA) is 114 Å². The molecule has 1 atom stereocenters. The number of ether oxygens (including phenoxy) is 3. The van der Waals surface area contributed by atoms with E-state index in [9.17, 15) is 18.0 Å². The third kappa shape index (κ3) is 7.66. The van der Waals surface area contributed by atoms with Crippen molar-refractivity contribution in [2.45, 2.75) is 19.0 Å². The molecule has 3 aromatic rings. The number of nitrogens with one attached hydrogen (secondary N) is 1. The van der Waals surface area contributed by atoms with Crippen LogP contribution in [0.15, 0.2) is 72.8 Å². The second-order valence-electron chi connectivity index (χ2n) is 9.00. The average Bonchev–Trinajstić information content (AvgIpc) is 2.96. The fourth-order valence-corrected chi connectivity index (χ4v) is 5.13. The Kier molecular flexibility index (Phi) is 10.4. The van der Waals surface area contributed by atoms with Crippen LogP contribution >= 0.6 is 0 Å². The number of sulfonamides is 1. The van der Waals surface area contributed by atoms with E-state index in [0.29, 0.717) is 17.1 Å². The minimum absolute atomic E-state index is 0.0400. The summed E-state index contributed by atoms with van der Waals surface area (Å²) in [7, 11) is 1.97. The monoisotopic (exact) mass is 569 g/mol. The second kappa shape index (κ2) is 13.7. The Balaban J connectivity index is 2.07. The molecule has 0 radical (unpaired) electrons. The van der Waals surface area contributed by atoms with E-state index in [0.717, 1.165) is 16.1 Å². The third-order valence-corrected chi connectivity index (χ3v) is 7.47. The minimum Gasteiger partial charge on any atom is -0.497 e. The van der Waals surface area contributed by atoms with E-state index >= 15 is 0 Å². The summed E-state index contributed by atoms with van der Waals surface area (Å²) in [5.74, 6) is 0.306. The zero-order valence-corrected chi connectivity index (χ0v) is 24.1. The maximum Gasteiger partial charge on any atom is 0.244 e. The van der Waals surface area contributed by atoms with Gasteiger partial charge in [0.1, 0.15) is 29.8 Å². The Morgan fingerprint density at radius 1 is 0.850 bits per heavy atom. The maximum atomic E-state index is 14.1. The van der Waals surface area contributed by atoms with Crippen molar-refractivity contribution in [2.24, 2.45) is 0 Å². The highest BCUT2D eigenvalue weighted by atomic mass is 32.2. The van der Waals surface area contributed by atoms with Gasteiger partial charge < -0.3 is 24.4 Å². The number of carbonyl (C=O) groups excluding carboxylic acids is 2. The Morgan fingerprint density at radius 2 is 1.50 bits per heavy atom. The van der Waals surface area contributed by atoms with Crippen molar-refractivity contribution in [1.82, 2.24) is 10.2 Å². The normalized spacial score (nSPS) is 11.7. The number of anilines is 1. The molecule has 0 aromatic heterocycles. The smallest absolute Gasteiger partial charge is 0.244 e. The van der Waals surface area contributed by atoms with Crippen molar-refractivity contribution in [3.8, 4) is 17.2 Å². The molecule has 0 heterocycles. The first-order valence-electron chi connectivity index (χ1n) is 12.5. The molecule has 2 amide bonds. The lowest BCUT2D eigenvalue weighted by Crippen LogP contribution is -2.52. The Hall–Kier alpha value is -4.25. The van der Waals surface area contributed by atoms with Crippen molar-refractivity contribution in [1.29, 1.82) is 0 Å². The van der Waals surface area contributed by atoms with E-state index in [-0.39, 0.29) is 30.3 Å². The van der Waals surface area contributed by atoms with Gasteiger partial charge in [-0.25, -0.2) is 8.42 Å². The van der Waals surface area contributed by atoms with Crippen LogP contribution in [0.5, 0.6) is 17.2 Å². The number of nitrogens with zero attached hydrogens (tertiary/aromatic N) is 2. The van der Waals surface area contributed by atoms with Gasteiger partial charge in [0.15, 0.2) is 0 Å². The summed E-state index contributed by atoms with van der Waals surface area (Å²) in [4.78, 5) is 28.7. The van der Waals surface area contributed by atoms with E-state index in [1.54, 1.807) is 24.3 Å². The highest BCUT2D eigenvalue weighted by Gasteiger charge is 2.33. The lowest BCUT2D eigenvalue weighted by atomic mass is 10.0. The summed E-state index contributed by atoms with van der Waals surface area (Å²) in [6, 6.07) is 20.2. The number of amides is 2. The molecular weight excluding hydrogens is 534 g/mol. The summed E-state index contributed by atoms with van der Waals surface area (Å²) >= 11 is 0. The highest BCUT2D eigenvalue weighted by Crippen LogP contribution is 2.34. The van der Waals surface area contributed by atoms with Crippen LogP contribution in [-0.4, -0.2) is 72.4 Å². The number of carbonyl (C=O) groups is 2. The number of methoxy groups -OCH3 is 3. The first-order chi connectivity index (χ1) is 19.1. The number of hydrogen-bond donors (Lipinski definition) is 1. The van der Waals surface area contributed by atoms with Gasteiger partial charge in [-0.3, -0.25) is 13.9 Å². The molecule has 0 aliphatic rings. The van der Waals surface area contributed by atoms with Crippen LogP contribution in [0, 0.1) is 0 Å². The van der Waals surface area contributed by atoms with E-state index in [2.05, 4.69) is 5.32 Å². The van der Waals surface area contributed by atoms with Gasteiger partial charge in [-0.1, -0.05) is 42.5 Å². The molecule has 10 nitrogen and oxygen atoms in total. The van der Waals surface area contributed by atoms with Crippen molar-refractivity contribution in [2.75, 3.05) is 45.5 Å². The van der Waals surface area contributed by atoms with Crippen LogP contribution in [0.2, 0.25) is 0 Å². The fraction of sp³-hybridized carbons (Fsp3) is 0.310. The molecule has 0 fully saturated rings.